The van der Waals surface area contributed by atoms with Gasteiger partial charge < -0.3 is 9.30 Å². The van der Waals surface area contributed by atoms with Gasteiger partial charge in [-0.2, -0.15) is 0 Å². The first-order valence-corrected chi connectivity index (χ1v) is 8.27. The van der Waals surface area contributed by atoms with Gasteiger partial charge in [-0.3, -0.25) is 0 Å². The van der Waals surface area contributed by atoms with E-state index in [0.717, 1.165) is 43.4 Å². The highest BCUT2D eigenvalue weighted by Gasteiger charge is 2.21. The number of hydrogen-bond donors (Lipinski definition) is 0. The Bertz CT molecular complexity index is 617. The van der Waals surface area contributed by atoms with Crippen LogP contribution in [0.4, 0.5) is 0 Å². The average Bonchev–Trinajstić information content (AvgIpc) is 3.19. The van der Waals surface area contributed by atoms with Crippen molar-refractivity contribution in [3.63, 3.8) is 0 Å². The topological polar surface area (TPSA) is 27.1 Å². The molecule has 1 aromatic carbocycles. The number of imidazole rings is 1. The van der Waals surface area contributed by atoms with Gasteiger partial charge in [0.1, 0.15) is 5.82 Å². The molecule has 1 saturated carbocycles. The molecule has 1 aromatic heterocycles. The molecule has 1 fully saturated rings. The van der Waals surface area contributed by atoms with E-state index in [2.05, 4.69) is 29.7 Å². The van der Waals surface area contributed by atoms with Crippen molar-refractivity contribution in [1.29, 1.82) is 0 Å². The maximum absolute atomic E-state index is 6.29. The Morgan fingerprint density at radius 1 is 1.43 bits per heavy atom. The van der Waals surface area contributed by atoms with E-state index in [9.17, 15) is 0 Å². The lowest BCUT2D eigenvalue weighted by Gasteiger charge is -2.11. The largest absolute Gasteiger partial charge is 0.381 e. The quantitative estimate of drug-likeness (QED) is 0.558. The lowest BCUT2D eigenvalue weighted by atomic mass is 10.2. The minimum atomic E-state index is -0.0786. The molecular weight excluding hydrogens is 284 g/mol. The number of benzene rings is 1. The van der Waals surface area contributed by atoms with Gasteiger partial charge in [-0.05, 0) is 56.7 Å². The van der Waals surface area contributed by atoms with Gasteiger partial charge in [0.15, 0.2) is 0 Å². The SMILES string of the molecule is Cc1ccc2c(c1)nc(C(C)Cl)n2CCCOCC1CC1. The molecule has 1 atom stereocenters. The molecular formula is C17H23ClN2O. The van der Waals surface area contributed by atoms with Crippen LogP contribution in [0.25, 0.3) is 11.0 Å². The number of fused-ring (bicyclic) bond motifs is 1. The zero-order chi connectivity index (χ0) is 14.8. The number of nitrogens with zero attached hydrogens (tertiary/aromatic N) is 2. The molecule has 1 unspecified atom stereocenters. The summed E-state index contributed by atoms with van der Waals surface area (Å²) in [7, 11) is 0. The zero-order valence-electron chi connectivity index (χ0n) is 12.8. The first-order valence-electron chi connectivity index (χ1n) is 7.84. The molecule has 114 valence electrons. The number of aryl methyl sites for hydroxylation is 2. The molecule has 0 aliphatic heterocycles. The van der Waals surface area contributed by atoms with Gasteiger partial charge in [0.25, 0.3) is 0 Å². The molecule has 0 N–H and O–H groups in total. The first kappa shape index (κ1) is 14.9. The van der Waals surface area contributed by atoms with E-state index >= 15 is 0 Å². The van der Waals surface area contributed by atoms with Crippen molar-refractivity contribution in [3.8, 4) is 0 Å². The summed E-state index contributed by atoms with van der Waals surface area (Å²) in [5.74, 6) is 1.79. The van der Waals surface area contributed by atoms with Gasteiger partial charge in [0, 0.05) is 19.8 Å². The molecule has 0 radical (unpaired) electrons. The maximum Gasteiger partial charge on any atom is 0.127 e. The van der Waals surface area contributed by atoms with Crippen molar-refractivity contribution in [2.24, 2.45) is 5.92 Å². The molecule has 21 heavy (non-hydrogen) atoms. The second kappa shape index (κ2) is 6.37. The van der Waals surface area contributed by atoms with Crippen molar-refractivity contribution in [2.75, 3.05) is 13.2 Å². The van der Waals surface area contributed by atoms with Crippen LogP contribution in [0.15, 0.2) is 18.2 Å². The normalized spacial score (nSPS) is 16.5. The Labute approximate surface area is 131 Å². The van der Waals surface area contributed by atoms with Crippen LogP contribution >= 0.6 is 11.6 Å². The van der Waals surface area contributed by atoms with Crippen molar-refractivity contribution >= 4 is 22.6 Å². The van der Waals surface area contributed by atoms with Crippen LogP contribution in [0.5, 0.6) is 0 Å². The third-order valence-electron chi connectivity index (χ3n) is 4.01. The molecule has 0 saturated heterocycles. The van der Waals surface area contributed by atoms with Crippen LogP contribution < -0.4 is 0 Å². The summed E-state index contributed by atoms with van der Waals surface area (Å²) in [6.45, 7) is 6.74. The highest BCUT2D eigenvalue weighted by molar-refractivity contribution is 6.20. The molecule has 0 amide bonds. The summed E-state index contributed by atoms with van der Waals surface area (Å²) in [4.78, 5) is 4.70. The van der Waals surface area contributed by atoms with E-state index in [4.69, 9.17) is 21.3 Å². The zero-order valence-corrected chi connectivity index (χ0v) is 13.6. The molecule has 1 heterocycles. The molecule has 1 aliphatic carbocycles. The number of ether oxygens (including phenoxy) is 1. The van der Waals surface area contributed by atoms with E-state index in [1.165, 1.54) is 23.9 Å². The van der Waals surface area contributed by atoms with Crippen LogP contribution in [0.1, 0.15) is 43.0 Å². The van der Waals surface area contributed by atoms with Gasteiger partial charge in [0.2, 0.25) is 0 Å². The van der Waals surface area contributed by atoms with Crippen molar-refractivity contribution in [3.05, 3.63) is 29.6 Å². The highest BCUT2D eigenvalue weighted by atomic mass is 35.5. The van der Waals surface area contributed by atoms with Gasteiger partial charge in [-0.25, -0.2) is 4.98 Å². The lowest BCUT2D eigenvalue weighted by molar-refractivity contribution is 0.119. The van der Waals surface area contributed by atoms with E-state index in [1.807, 2.05) is 6.92 Å². The Morgan fingerprint density at radius 2 is 2.24 bits per heavy atom. The predicted octanol–water partition coefficient (Wildman–Crippen LogP) is 4.46. The Balaban J connectivity index is 1.70. The van der Waals surface area contributed by atoms with E-state index < -0.39 is 0 Å². The number of rotatable bonds is 7. The van der Waals surface area contributed by atoms with Crippen LogP contribution in [0.2, 0.25) is 0 Å². The minimum absolute atomic E-state index is 0.0786. The number of alkyl halides is 1. The van der Waals surface area contributed by atoms with Crippen LogP contribution in [0.3, 0.4) is 0 Å². The number of hydrogen-bond acceptors (Lipinski definition) is 2. The fraction of sp³-hybridized carbons (Fsp3) is 0.588. The standard InChI is InChI=1S/C17H23ClN2O/c1-12-4-7-16-15(10-12)19-17(13(2)18)20(16)8-3-9-21-11-14-5-6-14/h4,7,10,13-14H,3,5-6,8-9,11H2,1-2H3. The van der Waals surface area contributed by atoms with Gasteiger partial charge >= 0.3 is 0 Å². The van der Waals surface area contributed by atoms with Crippen molar-refractivity contribution in [1.82, 2.24) is 9.55 Å². The third-order valence-corrected chi connectivity index (χ3v) is 4.21. The van der Waals surface area contributed by atoms with Gasteiger partial charge in [-0.1, -0.05) is 6.07 Å². The van der Waals surface area contributed by atoms with E-state index in [0.29, 0.717) is 0 Å². The molecule has 0 spiro atoms. The summed E-state index contributed by atoms with van der Waals surface area (Å²) in [6.07, 6.45) is 3.70. The van der Waals surface area contributed by atoms with E-state index in [-0.39, 0.29) is 5.38 Å². The molecule has 3 rings (SSSR count). The van der Waals surface area contributed by atoms with Gasteiger partial charge in [-0.15, -0.1) is 11.6 Å². The monoisotopic (exact) mass is 306 g/mol. The summed E-state index contributed by atoms with van der Waals surface area (Å²) < 4.78 is 7.96. The average molecular weight is 307 g/mol. The van der Waals surface area contributed by atoms with Crippen molar-refractivity contribution in [2.45, 2.75) is 45.0 Å². The Morgan fingerprint density at radius 3 is 2.95 bits per heavy atom. The Kier molecular flexibility index (Phi) is 4.51. The molecule has 0 bridgehead atoms. The maximum atomic E-state index is 6.29. The number of aromatic nitrogens is 2. The summed E-state index contributed by atoms with van der Waals surface area (Å²) >= 11 is 6.29. The minimum Gasteiger partial charge on any atom is -0.381 e. The molecule has 2 aromatic rings. The molecule has 3 nitrogen and oxygen atoms in total. The van der Waals surface area contributed by atoms with Crippen LogP contribution in [-0.2, 0) is 11.3 Å². The summed E-state index contributed by atoms with van der Waals surface area (Å²) in [5.41, 5.74) is 3.44. The summed E-state index contributed by atoms with van der Waals surface area (Å²) in [6, 6.07) is 6.40. The number of halogens is 1. The summed E-state index contributed by atoms with van der Waals surface area (Å²) in [5, 5.41) is -0.0786. The fourth-order valence-electron chi connectivity index (χ4n) is 2.66. The second-order valence-corrected chi connectivity index (χ2v) is 6.76. The van der Waals surface area contributed by atoms with Gasteiger partial charge in [0.05, 0.1) is 16.4 Å². The molecule has 4 heteroatoms. The molecule has 1 aliphatic rings. The van der Waals surface area contributed by atoms with Crippen molar-refractivity contribution < 1.29 is 4.74 Å². The lowest BCUT2D eigenvalue weighted by Crippen LogP contribution is -2.08. The van der Waals surface area contributed by atoms with E-state index in [1.54, 1.807) is 0 Å². The second-order valence-electron chi connectivity index (χ2n) is 6.10. The fourth-order valence-corrected chi connectivity index (χ4v) is 2.82. The first-order chi connectivity index (χ1) is 10.1. The highest BCUT2D eigenvalue weighted by Crippen LogP contribution is 2.29. The smallest absolute Gasteiger partial charge is 0.127 e. The van der Waals surface area contributed by atoms with Crippen LogP contribution in [-0.4, -0.2) is 22.8 Å². The predicted molar refractivity (Wildman–Crippen MR) is 86.9 cm³/mol. The van der Waals surface area contributed by atoms with Crippen LogP contribution in [0, 0.1) is 12.8 Å². The Hall–Kier alpha value is -1.06. The third kappa shape index (κ3) is 3.58.